The Morgan fingerprint density at radius 2 is 2.24 bits per heavy atom. The molecule has 0 saturated carbocycles. The Labute approximate surface area is 109 Å². The summed E-state index contributed by atoms with van der Waals surface area (Å²) in [6.45, 7) is 8.08. The van der Waals surface area contributed by atoms with Gasteiger partial charge in [0, 0.05) is 18.1 Å². The lowest BCUT2D eigenvalue weighted by molar-refractivity contribution is 0.0943. The first kappa shape index (κ1) is 14.3. The van der Waals surface area contributed by atoms with Crippen molar-refractivity contribution in [1.29, 1.82) is 0 Å². The van der Waals surface area contributed by atoms with Crippen LogP contribution in [0.2, 0.25) is 0 Å². The second-order valence-electron chi connectivity index (χ2n) is 5.52. The molecule has 0 unspecified atom stereocenters. The lowest BCUT2D eigenvalue weighted by Crippen LogP contribution is -2.19. The van der Waals surface area contributed by atoms with E-state index < -0.39 is 0 Å². The average Bonchev–Trinajstić information content (AvgIpc) is 2.76. The van der Waals surface area contributed by atoms with Gasteiger partial charge in [-0.25, -0.2) is 4.68 Å². The maximum Gasteiger partial charge on any atom is 0.122 e. The number of nitrogen functional groups attached to an aromatic ring is 1. The zero-order chi connectivity index (χ0) is 11.8. The van der Waals surface area contributed by atoms with E-state index in [-0.39, 0.29) is 23.9 Å². The van der Waals surface area contributed by atoms with Crippen molar-refractivity contribution < 1.29 is 4.74 Å². The fraction of sp³-hybridized carbons (Fsp3) is 0.750. The maximum atomic E-state index is 5.96. The summed E-state index contributed by atoms with van der Waals surface area (Å²) in [7, 11) is 0. The minimum Gasteiger partial charge on any atom is -0.384 e. The number of nitrogens with two attached hydrogens (primary N) is 1. The topological polar surface area (TPSA) is 53.1 Å². The van der Waals surface area contributed by atoms with Crippen molar-refractivity contribution in [2.24, 2.45) is 0 Å². The molecule has 0 spiro atoms. The van der Waals surface area contributed by atoms with Gasteiger partial charge in [-0.15, -0.1) is 12.4 Å². The van der Waals surface area contributed by atoms with Crippen LogP contribution in [0.5, 0.6) is 0 Å². The molecular weight excluding hydrogens is 238 g/mol. The van der Waals surface area contributed by atoms with Crippen molar-refractivity contribution in [3.05, 3.63) is 11.8 Å². The zero-order valence-electron chi connectivity index (χ0n) is 10.8. The molecule has 0 aliphatic carbocycles. The fourth-order valence-corrected chi connectivity index (χ4v) is 1.93. The number of hydrogen-bond acceptors (Lipinski definition) is 3. The van der Waals surface area contributed by atoms with Gasteiger partial charge in [0.15, 0.2) is 0 Å². The summed E-state index contributed by atoms with van der Waals surface area (Å²) in [6, 6.07) is 1.97. The lowest BCUT2D eigenvalue weighted by Gasteiger charge is -2.14. The Bertz CT molecular complexity index is 364. The predicted octanol–water partition coefficient (Wildman–Crippen LogP) is 2.36. The van der Waals surface area contributed by atoms with Crippen molar-refractivity contribution in [2.45, 2.75) is 51.7 Å². The Balaban J connectivity index is 0.00000144. The van der Waals surface area contributed by atoms with Gasteiger partial charge in [-0.3, -0.25) is 0 Å². The van der Waals surface area contributed by atoms with Gasteiger partial charge in [0.05, 0.1) is 18.3 Å². The highest BCUT2D eigenvalue weighted by atomic mass is 35.5. The first-order valence-corrected chi connectivity index (χ1v) is 5.92. The van der Waals surface area contributed by atoms with Crippen molar-refractivity contribution in [2.75, 3.05) is 12.3 Å². The number of rotatable bonds is 2. The van der Waals surface area contributed by atoms with Crippen LogP contribution in [0.15, 0.2) is 6.07 Å². The molecule has 98 valence electrons. The molecule has 17 heavy (non-hydrogen) atoms. The number of ether oxygens (including phenoxy) is 1. The Kier molecular flexibility index (Phi) is 4.44. The van der Waals surface area contributed by atoms with Gasteiger partial charge >= 0.3 is 0 Å². The summed E-state index contributed by atoms with van der Waals surface area (Å²) in [5, 5.41) is 4.56. The minimum absolute atomic E-state index is 0. The normalized spacial score (nSPS) is 20.3. The lowest BCUT2D eigenvalue weighted by atomic mass is 9.92. The van der Waals surface area contributed by atoms with Crippen LogP contribution in [0.4, 0.5) is 5.82 Å². The fourth-order valence-electron chi connectivity index (χ4n) is 1.93. The molecule has 1 atom stereocenters. The van der Waals surface area contributed by atoms with Gasteiger partial charge in [-0.05, 0) is 12.8 Å². The van der Waals surface area contributed by atoms with Crippen LogP contribution in [0.1, 0.15) is 39.3 Å². The van der Waals surface area contributed by atoms with Crippen molar-refractivity contribution in [3.63, 3.8) is 0 Å². The average molecular weight is 260 g/mol. The van der Waals surface area contributed by atoms with E-state index in [2.05, 4.69) is 25.9 Å². The smallest absolute Gasteiger partial charge is 0.122 e. The molecule has 1 aliphatic heterocycles. The molecule has 0 aromatic carbocycles. The first-order valence-electron chi connectivity index (χ1n) is 5.92. The summed E-state index contributed by atoms with van der Waals surface area (Å²) in [5.74, 6) is 0.737. The summed E-state index contributed by atoms with van der Waals surface area (Å²) >= 11 is 0. The van der Waals surface area contributed by atoms with E-state index in [9.17, 15) is 0 Å². The molecule has 1 fully saturated rings. The molecule has 2 heterocycles. The third-order valence-corrected chi connectivity index (χ3v) is 2.98. The number of aromatic nitrogens is 2. The van der Waals surface area contributed by atoms with E-state index in [1.54, 1.807) is 0 Å². The number of anilines is 1. The maximum absolute atomic E-state index is 5.96. The first-order chi connectivity index (χ1) is 7.47. The van der Waals surface area contributed by atoms with Crippen LogP contribution in [-0.4, -0.2) is 22.5 Å². The second-order valence-corrected chi connectivity index (χ2v) is 5.52. The molecule has 1 saturated heterocycles. The summed E-state index contributed by atoms with van der Waals surface area (Å²) in [4.78, 5) is 0. The van der Waals surface area contributed by atoms with E-state index in [0.717, 1.165) is 37.5 Å². The molecule has 1 aliphatic rings. The second kappa shape index (κ2) is 5.27. The molecule has 1 aromatic heterocycles. The van der Waals surface area contributed by atoms with E-state index in [4.69, 9.17) is 10.5 Å². The van der Waals surface area contributed by atoms with Gasteiger partial charge in [0.2, 0.25) is 0 Å². The highest BCUT2D eigenvalue weighted by molar-refractivity contribution is 5.85. The highest BCUT2D eigenvalue weighted by Gasteiger charge is 2.21. The van der Waals surface area contributed by atoms with Gasteiger partial charge in [0.25, 0.3) is 0 Å². The third-order valence-electron chi connectivity index (χ3n) is 2.98. The molecule has 0 radical (unpaired) electrons. The molecule has 0 amide bonds. The molecular formula is C12H22ClN3O. The van der Waals surface area contributed by atoms with Crippen LogP contribution in [0, 0.1) is 0 Å². The molecule has 4 nitrogen and oxygen atoms in total. The number of halogens is 1. The Hall–Kier alpha value is -0.740. The quantitative estimate of drug-likeness (QED) is 0.887. The zero-order valence-corrected chi connectivity index (χ0v) is 11.6. The largest absolute Gasteiger partial charge is 0.384 e. The van der Waals surface area contributed by atoms with E-state index in [0.29, 0.717) is 0 Å². The molecule has 5 heteroatoms. The minimum atomic E-state index is 0. The Morgan fingerprint density at radius 3 is 2.71 bits per heavy atom. The third kappa shape index (κ3) is 3.36. The van der Waals surface area contributed by atoms with Crippen LogP contribution >= 0.6 is 12.4 Å². The summed E-state index contributed by atoms with van der Waals surface area (Å²) in [5.41, 5.74) is 7.06. The van der Waals surface area contributed by atoms with Crippen molar-refractivity contribution >= 4 is 18.2 Å². The van der Waals surface area contributed by atoms with Gasteiger partial charge in [-0.2, -0.15) is 5.10 Å². The van der Waals surface area contributed by atoms with Crippen molar-refractivity contribution in [3.8, 4) is 0 Å². The number of nitrogens with zero attached hydrogens (tertiary/aromatic N) is 2. The standard InChI is InChI=1S/C12H21N3O.ClH/c1-12(2,3)10-7-11(13)15(14-10)8-9-5-4-6-16-9;/h7,9H,4-6,8,13H2,1-3H3;1H/t9-;/m1./s1. The van der Waals surface area contributed by atoms with Crippen LogP contribution in [0.25, 0.3) is 0 Å². The van der Waals surface area contributed by atoms with Gasteiger partial charge in [-0.1, -0.05) is 20.8 Å². The summed E-state index contributed by atoms with van der Waals surface area (Å²) in [6.07, 6.45) is 2.55. The highest BCUT2D eigenvalue weighted by Crippen LogP contribution is 2.23. The van der Waals surface area contributed by atoms with Crippen LogP contribution in [0.3, 0.4) is 0 Å². The predicted molar refractivity (Wildman–Crippen MR) is 71.6 cm³/mol. The summed E-state index contributed by atoms with van der Waals surface area (Å²) < 4.78 is 7.46. The SMILES string of the molecule is CC(C)(C)c1cc(N)n(C[C@H]2CCCO2)n1.Cl. The molecule has 0 bridgehead atoms. The van der Waals surface area contributed by atoms with Crippen LogP contribution in [-0.2, 0) is 16.7 Å². The van der Waals surface area contributed by atoms with Gasteiger partial charge < -0.3 is 10.5 Å². The number of hydrogen-bond donors (Lipinski definition) is 1. The monoisotopic (exact) mass is 259 g/mol. The van der Waals surface area contributed by atoms with Crippen molar-refractivity contribution in [1.82, 2.24) is 9.78 Å². The molecule has 1 aromatic rings. The molecule has 2 N–H and O–H groups in total. The Morgan fingerprint density at radius 1 is 1.53 bits per heavy atom. The van der Waals surface area contributed by atoms with E-state index in [1.807, 2.05) is 10.7 Å². The van der Waals surface area contributed by atoms with E-state index >= 15 is 0 Å². The van der Waals surface area contributed by atoms with Gasteiger partial charge in [0.1, 0.15) is 5.82 Å². The van der Waals surface area contributed by atoms with Crippen LogP contribution < -0.4 is 5.73 Å². The van der Waals surface area contributed by atoms with E-state index in [1.165, 1.54) is 0 Å². The molecule has 2 rings (SSSR count).